The Hall–Kier alpha value is -1.44. The summed E-state index contributed by atoms with van der Waals surface area (Å²) in [6.07, 6.45) is -12.9. The van der Waals surface area contributed by atoms with Gasteiger partial charge in [-0.25, -0.2) is 0 Å². The van der Waals surface area contributed by atoms with Crippen LogP contribution in [-0.2, 0) is 0 Å². The molecule has 0 radical (unpaired) electrons. The molecule has 0 aliphatic carbocycles. The molecular weight excluding hydrogens is 467 g/mol. The zero-order chi connectivity index (χ0) is 23.3. The number of hydrogen-bond acceptors (Lipinski definition) is 1. The highest BCUT2D eigenvalue weighted by molar-refractivity contribution is 6.30. The van der Waals surface area contributed by atoms with Crippen LogP contribution in [0.5, 0.6) is 0 Å². The second-order valence-corrected chi connectivity index (χ2v) is 6.21. The lowest BCUT2D eigenvalue weighted by Crippen LogP contribution is -2.70. The van der Waals surface area contributed by atoms with Crippen molar-refractivity contribution in [1.29, 1.82) is 0 Å². The Labute approximate surface area is 158 Å². The molecule has 0 fully saturated rings. The first-order valence-electron chi connectivity index (χ1n) is 7.03. The van der Waals surface area contributed by atoms with E-state index in [0.29, 0.717) is 0 Å². The zero-order valence-electron chi connectivity index (χ0n) is 13.3. The van der Waals surface area contributed by atoms with Crippen LogP contribution in [0.15, 0.2) is 24.3 Å². The average Bonchev–Trinajstić information content (AvgIpc) is 2.53. The first kappa shape index (κ1) is 25.6. The van der Waals surface area contributed by atoms with Crippen LogP contribution in [0.4, 0.5) is 57.1 Å². The van der Waals surface area contributed by atoms with Gasteiger partial charge in [-0.05, 0) is 17.7 Å². The summed E-state index contributed by atoms with van der Waals surface area (Å²) in [6.45, 7) is 0. The van der Waals surface area contributed by atoms with Crippen molar-refractivity contribution in [3.05, 3.63) is 34.9 Å². The molecule has 0 amide bonds. The van der Waals surface area contributed by atoms with E-state index in [9.17, 15) is 62.2 Å². The van der Waals surface area contributed by atoms with Crippen molar-refractivity contribution in [1.82, 2.24) is 0 Å². The molecule has 1 atom stereocenters. The van der Waals surface area contributed by atoms with Crippen LogP contribution in [0.25, 0.3) is 0 Å². The number of hydrogen-bond donors (Lipinski definition) is 1. The highest BCUT2D eigenvalue weighted by Gasteiger charge is 2.90. The minimum absolute atomic E-state index is 0.0430. The summed E-state index contributed by atoms with van der Waals surface area (Å²) in [5, 5.41) is 9.41. The average molecular weight is 475 g/mol. The van der Waals surface area contributed by atoms with Crippen molar-refractivity contribution >= 4 is 11.6 Å². The van der Waals surface area contributed by atoms with E-state index in [4.69, 9.17) is 11.6 Å². The van der Waals surface area contributed by atoms with Crippen molar-refractivity contribution in [2.24, 2.45) is 0 Å². The third-order valence-corrected chi connectivity index (χ3v) is 3.95. The summed E-state index contributed by atoms with van der Waals surface area (Å²) in [5.74, 6) is -37.4. The normalized spacial score (nSPS) is 16.1. The van der Waals surface area contributed by atoms with Gasteiger partial charge in [0.2, 0.25) is 0 Å². The fourth-order valence-electron chi connectivity index (χ4n) is 1.98. The van der Waals surface area contributed by atoms with Crippen LogP contribution >= 0.6 is 11.6 Å². The number of alkyl halides is 13. The van der Waals surface area contributed by atoms with Crippen molar-refractivity contribution < 1.29 is 62.2 Å². The topological polar surface area (TPSA) is 20.2 Å². The Balaban J connectivity index is 3.32. The third-order valence-electron chi connectivity index (χ3n) is 3.70. The van der Waals surface area contributed by atoms with Crippen LogP contribution in [0.3, 0.4) is 0 Å². The molecule has 1 aromatic rings. The predicted molar refractivity (Wildman–Crippen MR) is 71.8 cm³/mol. The van der Waals surface area contributed by atoms with Crippen LogP contribution in [-0.4, -0.2) is 40.9 Å². The van der Waals surface area contributed by atoms with E-state index in [-0.39, 0.29) is 5.02 Å². The summed E-state index contributed by atoms with van der Waals surface area (Å²) < 4.78 is 169. The minimum Gasteiger partial charge on any atom is -0.388 e. The summed E-state index contributed by atoms with van der Waals surface area (Å²) in [4.78, 5) is 0. The lowest BCUT2D eigenvalue weighted by Gasteiger charge is -2.40. The zero-order valence-corrected chi connectivity index (χ0v) is 14.1. The van der Waals surface area contributed by atoms with Gasteiger partial charge in [-0.2, -0.15) is 57.1 Å². The Morgan fingerprint density at radius 3 is 1.41 bits per heavy atom. The molecular formula is C14H8ClF13O. The number of halogens is 14. The maximum Gasteiger partial charge on any atom is 0.460 e. The second kappa shape index (κ2) is 7.36. The van der Waals surface area contributed by atoms with Crippen LogP contribution < -0.4 is 0 Å². The number of aliphatic hydroxyl groups excluding tert-OH is 1. The van der Waals surface area contributed by atoms with E-state index in [0.717, 1.165) is 24.3 Å². The molecule has 1 nitrogen and oxygen atoms in total. The van der Waals surface area contributed by atoms with Gasteiger partial charge in [-0.1, -0.05) is 23.7 Å². The third kappa shape index (κ3) is 4.09. The van der Waals surface area contributed by atoms with Crippen molar-refractivity contribution in [2.45, 2.75) is 48.3 Å². The molecule has 1 N–H and O–H groups in total. The lowest BCUT2D eigenvalue weighted by molar-refractivity contribution is -0.440. The molecule has 0 aliphatic heterocycles. The SMILES string of the molecule is OC(CC(F)(F)C(F)(F)C(F)(F)C(F)(F)C(F)(F)C(F)(F)F)c1ccc(Cl)cc1. The smallest absolute Gasteiger partial charge is 0.388 e. The molecule has 0 heterocycles. The Kier molecular flexibility index (Phi) is 6.49. The molecule has 0 aromatic heterocycles. The largest absolute Gasteiger partial charge is 0.460 e. The Morgan fingerprint density at radius 1 is 0.655 bits per heavy atom. The molecule has 1 rings (SSSR count). The van der Waals surface area contributed by atoms with Gasteiger partial charge in [0, 0.05) is 11.4 Å². The molecule has 0 saturated heterocycles. The molecule has 1 aromatic carbocycles. The summed E-state index contributed by atoms with van der Waals surface area (Å²) >= 11 is 5.42. The van der Waals surface area contributed by atoms with Crippen molar-refractivity contribution in [2.75, 3.05) is 0 Å². The van der Waals surface area contributed by atoms with E-state index < -0.39 is 53.9 Å². The van der Waals surface area contributed by atoms with E-state index in [2.05, 4.69) is 0 Å². The Morgan fingerprint density at radius 2 is 1.03 bits per heavy atom. The van der Waals surface area contributed by atoms with Crippen LogP contribution in [0.2, 0.25) is 5.02 Å². The molecule has 0 bridgehead atoms. The van der Waals surface area contributed by atoms with E-state index in [1.54, 1.807) is 0 Å². The lowest BCUT2D eigenvalue weighted by atomic mass is 9.90. The highest BCUT2D eigenvalue weighted by atomic mass is 35.5. The van der Waals surface area contributed by atoms with Gasteiger partial charge in [-0.3, -0.25) is 0 Å². The van der Waals surface area contributed by atoms with Crippen molar-refractivity contribution in [3.63, 3.8) is 0 Å². The van der Waals surface area contributed by atoms with Crippen LogP contribution in [0.1, 0.15) is 18.1 Å². The maximum atomic E-state index is 13.7. The fourth-order valence-corrected chi connectivity index (χ4v) is 2.10. The van der Waals surface area contributed by atoms with E-state index >= 15 is 0 Å². The predicted octanol–water partition coefficient (Wildman–Crippen LogP) is 6.50. The van der Waals surface area contributed by atoms with Gasteiger partial charge in [-0.15, -0.1) is 0 Å². The number of rotatable bonds is 7. The quantitative estimate of drug-likeness (QED) is 0.447. The monoisotopic (exact) mass is 474 g/mol. The summed E-state index contributed by atoms with van der Waals surface area (Å²) in [7, 11) is 0. The molecule has 1 unspecified atom stereocenters. The molecule has 15 heteroatoms. The van der Waals surface area contributed by atoms with E-state index in [1.165, 1.54) is 0 Å². The second-order valence-electron chi connectivity index (χ2n) is 5.77. The Bertz CT molecular complexity index is 711. The fraction of sp³-hybridized carbons (Fsp3) is 0.571. The standard InChI is InChI=1S/C14H8ClF13O/c15-7-3-1-6(2-4-7)8(29)5-9(16,17)10(18,19)11(20,21)12(22,23)13(24,25)14(26,27)28/h1-4,8,29H,5H2. The summed E-state index contributed by atoms with van der Waals surface area (Å²) in [5.41, 5.74) is -0.638. The molecule has 29 heavy (non-hydrogen) atoms. The van der Waals surface area contributed by atoms with Gasteiger partial charge in [0.15, 0.2) is 0 Å². The maximum absolute atomic E-state index is 13.7. The molecule has 0 spiro atoms. The first-order chi connectivity index (χ1) is 12.6. The van der Waals surface area contributed by atoms with Gasteiger partial charge in [0.05, 0.1) is 6.10 Å². The van der Waals surface area contributed by atoms with E-state index in [1.807, 2.05) is 0 Å². The molecule has 0 saturated carbocycles. The van der Waals surface area contributed by atoms with Gasteiger partial charge < -0.3 is 5.11 Å². The molecule has 168 valence electrons. The number of aliphatic hydroxyl groups is 1. The van der Waals surface area contributed by atoms with Gasteiger partial charge >= 0.3 is 35.8 Å². The van der Waals surface area contributed by atoms with Crippen LogP contribution in [0, 0.1) is 0 Å². The minimum atomic E-state index is -7.96. The highest BCUT2D eigenvalue weighted by Crippen LogP contribution is 2.61. The van der Waals surface area contributed by atoms with Gasteiger partial charge in [0.25, 0.3) is 0 Å². The molecule has 0 aliphatic rings. The summed E-state index contributed by atoms with van der Waals surface area (Å²) in [6, 6.07) is 3.38. The van der Waals surface area contributed by atoms with Crippen molar-refractivity contribution in [3.8, 4) is 0 Å². The number of benzene rings is 1. The van der Waals surface area contributed by atoms with Gasteiger partial charge in [0.1, 0.15) is 0 Å². The first-order valence-corrected chi connectivity index (χ1v) is 7.40.